The molecule has 3 rings (SSSR count). The summed E-state index contributed by atoms with van der Waals surface area (Å²) in [6.07, 6.45) is 5.63. The molecule has 2 N–H and O–H groups in total. The molecule has 4 heteroatoms. The van der Waals surface area contributed by atoms with Gasteiger partial charge in [0.25, 0.3) is 0 Å². The van der Waals surface area contributed by atoms with Gasteiger partial charge >= 0.3 is 0 Å². The average molecular weight is 316 g/mol. The topological polar surface area (TPSA) is 50.4 Å². The van der Waals surface area contributed by atoms with E-state index in [1.807, 2.05) is 39.0 Å². The zero-order valence-corrected chi connectivity index (χ0v) is 14.4. The lowest BCUT2D eigenvalue weighted by Crippen LogP contribution is -2.39. The normalized spacial score (nSPS) is 26.3. The van der Waals surface area contributed by atoms with E-state index in [0.717, 1.165) is 29.8 Å². The fourth-order valence-corrected chi connectivity index (χ4v) is 3.93. The SMILES string of the molecule is Cc1cc(OC(C)C)ccc1NC(=O)CC1CC2CCC(C1)N2. The second-order valence-electron chi connectivity index (χ2n) is 7.37. The Bertz CT molecular complexity index is 558. The number of carbonyl (C=O) groups excluding carboxylic acids is 1. The number of rotatable bonds is 5. The third-order valence-electron chi connectivity index (χ3n) is 4.89. The fraction of sp³-hybridized carbons (Fsp3) is 0.632. The third-order valence-corrected chi connectivity index (χ3v) is 4.89. The van der Waals surface area contributed by atoms with Crippen molar-refractivity contribution in [2.45, 2.75) is 71.1 Å². The Morgan fingerprint density at radius 2 is 2.00 bits per heavy atom. The summed E-state index contributed by atoms with van der Waals surface area (Å²) in [7, 11) is 0. The van der Waals surface area contributed by atoms with Crippen molar-refractivity contribution in [2.24, 2.45) is 5.92 Å². The molecule has 1 aromatic rings. The van der Waals surface area contributed by atoms with Crippen molar-refractivity contribution in [1.29, 1.82) is 0 Å². The van der Waals surface area contributed by atoms with Crippen molar-refractivity contribution in [2.75, 3.05) is 5.32 Å². The molecule has 4 nitrogen and oxygen atoms in total. The van der Waals surface area contributed by atoms with Gasteiger partial charge in [0.15, 0.2) is 0 Å². The molecule has 2 heterocycles. The molecule has 2 unspecified atom stereocenters. The standard InChI is InChI=1S/C19H28N2O2/c1-12(2)23-17-6-7-18(13(3)8-17)21-19(22)11-14-9-15-4-5-16(10-14)20-15/h6-8,12,14-16,20H,4-5,9-11H2,1-3H3,(H,21,22). The molecule has 2 fully saturated rings. The maximum atomic E-state index is 12.4. The molecular weight excluding hydrogens is 288 g/mol. The first-order chi connectivity index (χ1) is 11.0. The van der Waals surface area contributed by atoms with Crippen molar-refractivity contribution in [1.82, 2.24) is 5.32 Å². The Labute approximate surface area is 139 Å². The number of fused-ring (bicyclic) bond motifs is 2. The molecule has 2 bridgehead atoms. The first-order valence-electron chi connectivity index (χ1n) is 8.83. The van der Waals surface area contributed by atoms with Crippen LogP contribution in [0.5, 0.6) is 5.75 Å². The van der Waals surface area contributed by atoms with Gasteiger partial charge in [-0.1, -0.05) is 0 Å². The number of anilines is 1. The predicted molar refractivity (Wildman–Crippen MR) is 92.9 cm³/mol. The van der Waals surface area contributed by atoms with Gasteiger partial charge in [-0.15, -0.1) is 0 Å². The molecule has 2 saturated heterocycles. The van der Waals surface area contributed by atoms with Gasteiger partial charge in [0, 0.05) is 24.2 Å². The number of nitrogens with one attached hydrogen (secondary N) is 2. The second kappa shape index (κ2) is 6.91. The summed E-state index contributed by atoms with van der Waals surface area (Å²) in [4.78, 5) is 12.4. The molecule has 23 heavy (non-hydrogen) atoms. The first-order valence-corrected chi connectivity index (χ1v) is 8.83. The van der Waals surface area contributed by atoms with Crippen LogP contribution in [-0.2, 0) is 4.79 Å². The number of carbonyl (C=O) groups is 1. The highest BCUT2D eigenvalue weighted by Gasteiger charge is 2.34. The Morgan fingerprint density at radius 1 is 1.30 bits per heavy atom. The summed E-state index contributed by atoms with van der Waals surface area (Å²) in [6.45, 7) is 6.03. The highest BCUT2D eigenvalue weighted by Crippen LogP contribution is 2.33. The molecule has 0 radical (unpaired) electrons. The summed E-state index contributed by atoms with van der Waals surface area (Å²) < 4.78 is 5.69. The number of hydrogen-bond donors (Lipinski definition) is 2. The maximum absolute atomic E-state index is 12.4. The smallest absolute Gasteiger partial charge is 0.224 e. The third kappa shape index (κ3) is 4.25. The monoisotopic (exact) mass is 316 g/mol. The highest BCUT2D eigenvalue weighted by molar-refractivity contribution is 5.91. The number of benzene rings is 1. The zero-order valence-electron chi connectivity index (χ0n) is 14.4. The van der Waals surface area contributed by atoms with Gasteiger partial charge in [-0.3, -0.25) is 4.79 Å². The van der Waals surface area contributed by atoms with E-state index in [0.29, 0.717) is 24.4 Å². The summed E-state index contributed by atoms with van der Waals surface area (Å²) in [5, 5.41) is 6.70. The van der Waals surface area contributed by atoms with Crippen LogP contribution in [0.1, 0.15) is 51.5 Å². The van der Waals surface area contributed by atoms with Gasteiger partial charge < -0.3 is 15.4 Å². The lowest BCUT2D eigenvalue weighted by Gasteiger charge is -2.28. The van der Waals surface area contributed by atoms with Crippen LogP contribution >= 0.6 is 0 Å². The highest BCUT2D eigenvalue weighted by atomic mass is 16.5. The molecule has 0 aliphatic carbocycles. The number of amides is 1. The van der Waals surface area contributed by atoms with Gasteiger partial charge in [-0.05, 0) is 76.1 Å². The molecule has 0 aromatic heterocycles. The minimum Gasteiger partial charge on any atom is -0.491 e. The molecule has 2 aliphatic heterocycles. The summed E-state index contributed by atoms with van der Waals surface area (Å²) >= 11 is 0. The first kappa shape index (κ1) is 16.3. The molecule has 1 aromatic carbocycles. The molecule has 2 aliphatic rings. The molecular formula is C19H28N2O2. The predicted octanol–water partition coefficient (Wildman–Crippen LogP) is 3.64. The minimum atomic E-state index is 0.136. The van der Waals surface area contributed by atoms with Gasteiger partial charge in [0.1, 0.15) is 5.75 Å². The lowest BCUT2D eigenvalue weighted by molar-refractivity contribution is -0.117. The number of hydrogen-bond acceptors (Lipinski definition) is 3. The molecule has 2 atom stereocenters. The van der Waals surface area contributed by atoms with Crippen molar-refractivity contribution in [3.8, 4) is 5.75 Å². The Hall–Kier alpha value is -1.55. The van der Waals surface area contributed by atoms with Gasteiger partial charge in [0.2, 0.25) is 5.91 Å². The van der Waals surface area contributed by atoms with E-state index in [2.05, 4.69) is 10.6 Å². The van der Waals surface area contributed by atoms with Crippen LogP contribution < -0.4 is 15.4 Å². The fourth-order valence-electron chi connectivity index (χ4n) is 3.93. The van der Waals surface area contributed by atoms with Crippen molar-refractivity contribution >= 4 is 11.6 Å². The molecule has 0 spiro atoms. The summed E-state index contributed by atoms with van der Waals surface area (Å²) in [5.74, 6) is 1.51. The van der Waals surface area contributed by atoms with Crippen molar-refractivity contribution < 1.29 is 9.53 Å². The van der Waals surface area contributed by atoms with E-state index in [-0.39, 0.29) is 12.0 Å². The van der Waals surface area contributed by atoms with Crippen LogP contribution in [0.4, 0.5) is 5.69 Å². The zero-order chi connectivity index (χ0) is 16.4. The van der Waals surface area contributed by atoms with Crippen LogP contribution in [0.25, 0.3) is 0 Å². The van der Waals surface area contributed by atoms with Crippen molar-refractivity contribution in [3.05, 3.63) is 23.8 Å². The molecule has 126 valence electrons. The van der Waals surface area contributed by atoms with E-state index in [9.17, 15) is 4.79 Å². The Kier molecular flexibility index (Phi) is 4.90. The number of ether oxygens (including phenoxy) is 1. The largest absolute Gasteiger partial charge is 0.491 e. The number of piperidine rings is 1. The van der Waals surface area contributed by atoms with E-state index in [1.54, 1.807) is 0 Å². The van der Waals surface area contributed by atoms with Crippen LogP contribution in [0.2, 0.25) is 0 Å². The van der Waals surface area contributed by atoms with Crippen LogP contribution in [0, 0.1) is 12.8 Å². The Morgan fingerprint density at radius 3 is 2.61 bits per heavy atom. The summed E-state index contributed by atoms with van der Waals surface area (Å²) in [6, 6.07) is 7.13. The Balaban J connectivity index is 1.55. The molecule has 1 amide bonds. The molecule has 0 saturated carbocycles. The minimum absolute atomic E-state index is 0.136. The maximum Gasteiger partial charge on any atom is 0.224 e. The van der Waals surface area contributed by atoms with E-state index in [4.69, 9.17) is 4.74 Å². The quantitative estimate of drug-likeness (QED) is 0.872. The van der Waals surface area contributed by atoms with E-state index >= 15 is 0 Å². The lowest BCUT2D eigenvalue weighted by atomic mass is 9.89. The van der Waals surface area contributed by atoms with E-state index < -0.39 is 0 Å². The second-order valence-corrected chi connectivity index (χ2v) is 7.37. The van der Waals surface area contributed by atoms with Crippen molar-refractivity contribution in [3.63, 3.8) is 0 Å². The van der Waals surface area contributed by atoms with Crippen LogP contribution in [-0.4, -0.2) is 24.1 Å². The van der Waals surface area contributed by atoms with Gasteiger partial charge in [0.05, 0.1) is 6.10 Å². The van der Waals surface area contributed by atoms with E-state index in [1.165, 1.54) is 12.8 Å². The number of aryl methyl sites for hydroxylation is 1. The van der Waals surface area contributed by atoms with Gasteiger partial charge in [-0.2, -0.15) is 0 Å². The summed E-state index contributed by atoms with van der Waals surface area (Å²) in [5.41, 5.74) is 1.94. The van der Waals surface area contributed by atoms with Crippen LogP contribution in [0.15, 0.2) is 18.2 Å². The average Bonchev–Trinajstić information content (AvgIpc) is 2.80. The van der Waals surface area contributed by atoms with Crippen LogP contribution in [0.3, 0.4) is 0 Å². The van der Waals surface area contributed by atoms with Gasteiger partial charge in [-0.25, -0.2) is 0 Å².